The minimum Gasteiger partial charge on any atom is -0.493 e. The van der Waals surface area contributed by atoms with Gasteiger partial charge in [-0.15, -0.1) is 11.8 Å². The van der Waals surface area contributed by atoms with Crippen LogP contribution in [-0.4, -0.2) is 19.7 Å². The van der Waals surface area contributed by atoms with Crippen LogP contribution in [0.25, 0.3) is 0 Å². The summed E-state index contributed by atoms with van der Waals surface area (Å²) >= 11 is 8.43. The van der Waals surface area contributed by atoms with Gasteiger partial charge in [-0.2, -0.15) is 0 Å². The number of benzene rings is 2. The Bertz CT molecular complexity index is 771. The van der Waals surface area contributed by atoms with Crippen LogP contribution in [0.5, 0.6) is 5.75 Å². The largest absolute Gasteiger partial charge is 0.493 e. The molecule has 150 valence electrons. The van der Waals surface area contributed by atoms with Gasteiger partial charge in [-0.3, -0.25) is 0 Å². The average Bonchev–Trinajstić information content (AvgIpc) is 2.99. The van der Waals surface area contributed by atoms with Crippen LogP contribution in [0.15, 0.2) is 41.3 Å². The van der Waals surface area contributed by atoms with Crippen LogP contribution >= 0.6 is 23.4 Å². The zero-order valence-electron chi connectivity index (χ0n) is 16.5. The first-order chi connectivity index (χ1) is 13.8. The first-order valence-corrected chi connectivity index (χ1v) is 12.0. The average molecular weight is 416 g/mol. The maximum Gasteiger partial charge on any atom is 0.119 e. The van der Waals surface area contributed by atoms with Crippen molar-refractivity contribution in [3.05, 3.63) is 58.1 Å². The molecule has 2 nitrogen and oxygen atoms in total. The Balaban J connectivity index is 1.35. The van der Waals surface area contributed by atoms with Crippen molar-refractivity contribution in [2.45, 2.75) is 55.6 Å². The molecule has 2 aliphatic rings. The van der Waals surface area contributed by atoms with E-state index < -0.39 is 0 Å². The number of rotatable bonds is 6. The molecule has 2 aromatic rings. The van der Waals surface area contributed by atoms with Crippen molar-refractivity contribution in [2.24, 2.45) is 5.92 Å². The fraction of sp³-hybridized carbons (Fsp3) is 0.500. The quantitative estimate of drug-likeness (QED) is 0.561. The van der Waals surface area contributed by atoms with Gasteiger partial charge in [0.15, 0.2) is 0 Å². The standard InChI is InChI=1S/C24H30ClNOS/c25-23-11-8-20-12-14-26-15-13-22(20)24(23)28-17-19-6-9-21(10-7-19)27-16-18-4-2-1-3-5-18/h6-11,18,26H,1-5,12-17H2. The van der Waals surface area contributed by atoms with Crippen LogP contribution < -0.4 is 10.1 Å². The normalized spacial score (nSPS) is 17.8. The minimum absolute atomic E-state index is 0.744. The lowest BCUT2D eigenvalue weighted by atomic mass is 9.90. The fourth-order valence-corrected chi connectivity index (χ4v) is 5.73. The van der Waals surface area contributed by atoms with Crippen LogP contribution in [0.3, 0.4) is 0 Å². The summed E-state index contributed by atoms with van der Waals surface area (Å²) in [5, 5.41) is 4.38. The fourth-order valence-electron chi connectivity index (χ4n) is 4.27. The molecule has 0 radical (unpaired) electrons. The van der Waals surface area contributed by atoms with Crippen LogP contribution in [0.1, 0.15) is 48.8 Å². The van der Waals surface area contributed by atoms with Crippen molar-refractivity contribution in [3.8, 4) is 5.75 Å². The Hall–Kier alpha value is -1.16. The summed E-state index contributed by atoms with van der Waals surface area (Å²) in [5.74, 6) is 2.68. The molecule has 1 N–H and O–H groups in total. The molecule has 0 saturated heterocycles. The predicted octanol–water partition coefficient (Wildman–Crippen LogP) is 6.28. The predicted molar refractivity (Wildman–Crippen MR) is 120 cm³/mol. The van der Waals surface area contributed by atoms with E-state index in [4.69, 9.17) is 16.3 Å². The van der Waals surface area contributed by atoms with Gasteiger partial charge in [-0.1, -0.05) is 49.1 Å². The van der Waals surface area contributed by atoms with Crippen molar-refractivity contribution in [3.63, 3.8) is 0 Å². The molecular weight excluding hydrogens is 386 g/mol. The molecule has 1 heterocycles. The van der Waals surface area contributed by atoms with Gasteiger partial charge < -0.3 is 10.1 Å². The van der Waals surface area contributed by atoms with E-state index in [1.807, 2.05) is 11.8 Å². The highest BCUT2D eigenvalue weighted by Crippen LogP contribution is 2.36. The molecule has 0 aromatic heterocycles. The zero-order chi connectivity index (χ0) is 19.2. The molecule has 0 amide bonds. The topological polar surface area (TPSA) is 21.3 Å². The molecule has 4 heteroatoms. The monoisotopic (exact) mass is 415 g/mol. The van der Waals surface area contributed by atoms with Crippen molar-refractivity contribution in [1.82, 2.24) is 5.32 Å². The summed E-state index contributed by atoms with van der Waals surface area (Å²) in [6, 6.07) is 12.9. The van der Waals surface area contributed by atoms with Crippen molar-refractivity contribution >= 4 is 23.4 Å². The van der Waals surface area contributed by atoms with E-state index in [1.54, 1.807) is 0 Å². The highest BCUT2D eigenvalue weighted by Gasteiger charge is 2.16. The van der Waals surface area contributed by atoms with E-state index in [0.717, 1.165) is 55.0 Å². The molecule has 0 unspecified atom stereocenters. The van der Waals surface area contributed by atoms with Crippen molar-refractivity contribution < 1.29 is 4.74 Å². The van der Waals surface area contributed by atoms with Gasteiger partial charge in [0.1, 0.15) is 5.75 Å². The van der Waals surface area contributed by atoms with Gasteiger partial charge in [0.25, 0.3) is 0 Å². The molecule has 1 aliphatic carbocycles. The van der Waals surface area contributed by atoms with Gasteiger partial charge in [-0.25, -0.2) is 0 Å². The smallest absolute Gasteiger partial charge is 0.119 e. The number of ether oxygens (including phenoxy) is 1. The molecule has 2 aromatic carbocycles. The van der Waals surface area contributed by atoms with Gasteiger partial charge in [0, 0.05) is 10.6 Å². The second-order valence-electron chi connectivity index (χ2n) is 8.01. The molecule has 0 spiro atoms. The maximum atomic E-state index is 6.56. The van der Waals surface area contributed by atoms with Gasteiger partial charge in [0.2, 0.25) is 0 Å². The van der Waals surface area contributed by atoms with Crippen LogP contribution in [0, 0.1) is 5.92 Å². The molecule has 1 aliphatic heterocycles. The van der Waals surface area contributed by atoms with E-state index in [0.29, 0.717) is 0 Å². The lowest BCUT2D eigenvalue weighted by molar-refractivity contribution is 0.209. The summed E-state index contributed by atoms with van der Waals surface area (Å²) in [7, 11) is 0. The highest BCUT2D eigenvalue weighted by molar-refractivity contribution is 7.98. The Morgan fingerprint density at radius 1 is 0.964 bits per heavy atom. The Kier molecular flexibility index (Phi) is 7.22. The third-order valence-electron chi connectivity index (χ3n) is 5.95. The second-order valence-corrected chi connectivity index (χ2v) is 9.40. The van der Waals surface area contributed by atoms with Gasteiger partial charge in [0.05, 0.1) is 11.6 Å². The minimum atomic E-state index is 0.744. The number of thioether (sulfide) groups is 1. The van der Waals surface area contributed by atoms with Crippen molar-refractivity contribution in [1.29, 1.82) is 0 Å². The van der Waals surface area contributed by atoms with Gasteiger partial charge >= 0.3 is 0 Å². The van der Waals surface area contributed by atoms with E-state index in [9.17, 15) is 0 Å². The van der Waals surface area contributed by atoms with Crippen LogP contribution in [0.4, 0.5) is 0 Å². The Morgan fingerprint density at radius 3 is 2.57 bits per heavy atom. The van der Waals surface area contributed by atoms with E-state index >= 15 is 0 Å². The molecule has 1 saturated carbocycles. The number of nitrogens with one attached hydrogen (secondary N) is 1. The van der Waals surface area contributed by atoms with E-state index in [1.165, 1.54) is 53.7 Å². The highest BCUT2D eigenvalue weighted by atomic mass is 35.5. The Morgan fingerprint density at radius 2 is 1.75 bits per heavy atom. The molecule has 1 fully saturated rings. The van der Waals surface area contributed by atoms with Crippen LogP contribution in [0.2, 0.25) is 5.02 Å². The summed E-state index contributed by atoms with van der Waals surface area (Å²) in [6.07, 6.45) is 8.93. The maximum absolute atomic E-state index is 6.56. The molecule has 0 bridgehead atoms. The lowest BCUT2D eigenvalue weighted by Gasteiger charge is -2.21. The number of fused-ring (bicyclic) bond motifs is 1. The third kappa shape index (κ3) is 5.25. The number of hydrogen-bond donors (Lipinski definition) is 1. The second kappa shape index (κ2) is 10.0. The summed E-state index contributed by atoms with van der Waals surface area (Å²) < 4.78 is 6.04. The molecule has 0 atom stereocenters. The van der Waals surface area contributed by atoms with Crippen molar-refractivity contribution in [2.75, 3.05) is 19.7 Å². The zero-order valence-corrected chi connectivity index (χ0v) is 18.1. The van der Waals surface area contributed by atoms with Crippen LogP contribution in [-0.2, 0) is 18.6 Å². The summed E-state index contributed by atoms with van der Waals surface area (Å²) in [5.41, 5.74) is 4.20. The van der Waals surface area contributed by atoms with E-state index in [-0.39, 0.29) is 0 Å². The van der Waals surface area contributed by atoms with E-state index in [2.05, 4.69) is 41.7 Å². The SMILES string of the molecule is Clc1ccc2c(c1SCc1ccc(OCC3CCCCC3)cc1)CCNCC2. The third-order valence-corrected chi connectivity index (χ3v) is 7.61. The number of halogens is 1. The lowest BCUT2D eigenvalue weighted by Crippen LogP contribution is -2.16. The first-order valence-electron chi connectivity index (χ1n) is 10.6. The molecule has 28 heavy (non-hydrogen) atoms. The summed E-state index contributed by atoms with van der Waals surface area (Å²) in [4.78, 5) is 1.26. The molecular formula is C24H30ClNOS. The first kappa shape index (κ1) is 20.1. The Labute approximate surface area is 178 Å². The summed E-state index contributed by atoms with van der Waals surface area (Å²) in [6.45, 7) is 2.96. The number of hydrogen-bond acceptors (Lipinski definition) is 3. The van der Waals surface area contributed by atoms with Gasteiger partial charge in [-0.05, 0) is 79.6 Å². The molecule has 4 rings (SSSR count).